The topological polar surface area (TPSA) is 35.5 Å². The van der Waals surface area contributed by atoms with Crippen LogP contribution in [0.3, 0.4) is 0 Å². The van der Waals surface area contributed by atoms with Crippen LogP contribution in [-0.4, -0.2) is 19.2 Å². The van der Waals surface area contributed by atoms with Crippen molar-refractivity contribution in [3.8, 4) is 16.9 Å². The molecule has 0 bridgehead atoms. The Balaban J connectivity index is 1.98. The van der Waals surface area contributed by atoms with E-state index in [2.05, 4.69) is 0 Å². The molecule has 0 spiro atoms. The molecule has 0 saturated heterocycles. The quantitative estimate of drug-likeness (QED) is 0.764. The summed E-state index contributed by atoms with van der Waals surface area (Å²) < 4.78 is 10.8. The van der Waals surface area contributed by atoms with E-state index in [9.17, 15) is 4.79 Å². The zero-order valence-corrected chi connectivity index (χ0v) is 13.6. The second-order valence-corrected chi connectivity index (χ2v) is 5.68. The SMILES string of the molecule is CCOC(=O)C1=Cc2cc(-c3ccc(Cl)cc3)ccc2OCC1. The number of carbonyl (C=O) groups is 1. The van der Waals surface area contributed by atoms with Gasteiger partial charge in [-0.25, -0.2) is 4.79 Å². The van der Waals surface area contributed by atoms with E-state index in [1.54, 1.807) is 6.92 Å². The van der Waals surface area contributed by atoms with Gasteiger partial charge in [0.1, 0.15) is 5.75 Å². The first kappa shape index (κ1) is 15.6. The molecule has 0 atom stereocenters. The second-order valence-electron chi connectivity index (χ2n) is 5.25. The Hall–Kier alpha value is -2.26. The van der Waals surface area contributed by atoms with E-state index < -0.39 is 0 Å². The van der Waals surface area contributed by atoms with Crippen LogP contribution in [0.25, 0.3) is 17.2 Å². The number of rotatable bonds is 3. The van der Waals surface area contributed by atoms with Gasteiger partial charge < -0.3 is 9.47 Å². The molecule has 2 aromatic rings. The number of hydrogen-bond donors (Lipinski definition) is 0. The summed E-state index contributed by atoms with van der Waals surface area (Å²) >= 11 is 5.94. The molecule has 0 N–H and O–H groups in total. The maximum absolute atomic E-state index is 12.0. The lowest BCUT2D eigenvalue weighted by Crippen LogP contribution is -2.09. The van der Waals surface area contributed by atoms with E-state index in [1.807, 2.05) is 48.5 Å². The van der Waals surface area contributed by atoms with Crippen molar-refractivity contribution in [2.24, 2.45) is 0 Å². The van der Waals surface area contributed by atoms with Crippen LogP contribution in [0.2, 0.25) is 5.02 Å². The number of benzene rings is 2. The molecule has 0 aliphatic carbocycles. The first-order valence-electron chi connectivity index (χ1n) is 7.58. The summed E-state index contributed by atoms with van der Waals surface area (Å²) in [5, 5.41) is 0.705. The van der Waals surface area contributed by atoms with Gasteiger partial charge in [-0.1, -0.05) is 29.8 Å². The van der Waals surface area contributed by atoms with Gasteiger partial charge in [0, 0.05) is 22.6 Å². The number of hydrogen-bond acceptors (Lipinski definition) is 3. The van der Waals surface area contributed by atoms with Crippen LogP contribution in [-0.2, 0) is 9.53 Å². The third kappa shape index (κ3) is 3.57. The smallest absolute Gasteiger partial charge is 0.334 e. The van der Waals surface area contributed by atoms with E-state index >= 15 is 0 Å². The maximum Gasteiger partial charge on any atom is 0.334 e. The van der Waals surface area contributed by atoms with Crippen molar-refractivity contribution in [1.29, 1.82) is 0 Å². The van der Waals surface area contributed by atoms with Crippen molar-refractivity contribution >= 4 is 23.6 Å². The molecule has 0 radical (unpaired) electrons. The van der Waals surface area contributed by atoms with Gasteiger partial charge in [-0.05, 0) is 48.4 Å². The third-order valence-electron chi connectivity index (χ3n) is 3.68. The average Bonchev–Trinajstić information content (AvgIpc) is 2.77. The molecule has 0 aromatic heterocycles. The molecule has 4 heteroatoms. The van der Waals surface area contributed by atoms with Gasteiger partial charge in [-0.15, -0.1) is 0 Å². The monoisotopic (exact) mass is 328 g/mol. The summed E-state index contributed by atoms with van der Waals surface area (Å²) in [5.74, 6) is 0.503. The van der Waals surface area contributed by atoms with E-state index in [-0.39, 0.29) is 5.97 Å². The summed E-state index contributed by atoms with van der Waals surface area (Å²) in [4.78, 5) is 12.0. The van der Waals surface area contributed by atoms with Crippen molar-refractivity contribution in [2.45, 2.75) is 13.3 Å². The molecule has 118 valence electrons. The zero-order valence-electron chi connectivity index (χ0n) is 12.8. The van der Waals surface area contributed by atoms with Gasteiger partial charge in [-0.3, -0.25) is 0 Å². The molecule has 2 aromatic carbocycles. The second kappa shape index (κ2) is 6.88. The molecular formula is C19H17ClO3. The van der Waals surface area contributed by atoms with Crippen LogP contribution < -0.4 is 4.74 Å². The summed E-state index contributed by atoms with van der Waals surface area (Å²) in [5.41, 5.74) is 3.63. The van der Waals surface area contributed by atoms with Gasteiger partial charge in [0.25, 0.3) is 0 Å². The molecule has 0 unspecified atom stereocenters. The highest BCUT2D eigenvalue weighted by atomic mass is 35.5. The van der Waals surface area contributed by atoms with Gasteiger partial charge in [-0.2, -0.15) is 0 Å². The molecule has 3 rings (SSSR count). The van der Waals surface area contributed by atoms with E-state index in [4.69, 9.17) is 21.1 Å². The predicted molar refractivity (Wildman–Crippen MR) is 91.6 cm³/mol. The Morgan fingerprint density at radius 3 is 2.65 bits per heavy atom. The molecule has 1 aliphatic heterocycles. The molecule has 1 heterocycles. The first-order chi connectivity index (χ1) is 11.2. The fourth-order valence-electron chi connectivity index (χ4n) is 2.53. The number of halogens is 1. The van der Waals surface area contributed by atoms with Crippen molar-refractivity contribution < 1.29 is 14.3 Å². The molecule has 23 heavy (non-hydrogen) atoms. The number of ether oxygens (including phenoxy) is 2. The van der Waals surface area contributed by atoms with Gasteiger partial charge in [0.15, 0.2) is 0 Å². The Morgan fingerprint density at radius 1 is 1.17 bits per heavy atom. The van der Waals surface area contributed by atoms with Crippen LogP contribution in [0.1, 0.15) is 18.9 Å². The van der Waals surface area contributed by atoms with Crippen molar-refractivity contribution in [1.82, 2.24) is 0 Å². The third-order valence-corrected chi connectivity index (χ3v) is 3.94. The lowest BCUT2D eigenvalue weighted by atomic mass is 10.0. The van der Waals surface area contributed by atoms with Crippen LogP contribution in [0.4, 0.5) is 0 Å². The predicted octanol–water partition coefficient (Wildman–Crippen LogP) is 4.74. The fourth-order valence-corrected chi connectivity index (χ4v) is 2.66. The standard InChI is InChI=1S/C19H17ClO3/c1-2-22-19(21)15-9-10-23-18-8-5-14(11-16(18)12-15)13-3-6-17(20)7-4-13/h3-8,11-12H,2,9-10H2,1H3. The molecule has 1 aliphatic rings. The van der Waals surface area contributed by atoms with Gasteiger partial charge in [0.2, 0.25) is 0 Å². The number of esters is 1. The zero-order chi connectivity index (χ0) is 16.2. The minimum Gasteiger partial charge on any atom is -0.493 e. The number of carbonyl (C=O) groups excluding carboxylic acids is 1. The van der Waals surface area contributed by atoms with Crippen molar-refractivity contribution in [3.05, 3.63) is 58.6 Å². The molecule has 0 saturated carbocycles. The summed E-state index contributed by atoms with van der Waals surface area (Å²) in [6.45, 7) is 2.64. The van der Waals surface area contributed by atoms with Gasteiger partial charge >= 0.3 is 5.97 Å². The molecular weight excluding hydrogens is 312 g/mol. The van der Waals surface area contributed by atoms with Crippen molar-refractivity contribution in [2.75, 3.05) is 13.2 Å². The minimum absolute atomic E-state index is 0.277. The highest BCUT2D eigenvalue weighted by Gasteiger charge is 2.16. The highest BCUT2D eigenvalue weighted by molar-refractivity contribution is 6.30. The summed E-state index contributed by atoms with van der Waals surface area (Å²) in [7, 11) is 0. The molecule has 0 amide bonds. The summed E-state index contributed by atoms with van der Waals surface area (Å²) in [6, 6.07) is 13.6. The minimum atomic E-state index is -0.277. The lowest BCUT2D eigenvalue weighted by Gasteiger charge is -2.08. The van der Waals surface area contributed by atoms with Crippen LogP contribution in [0, 0.1) is 0 Å². The Morgan fingerprint density at radius 2 is 1.91 bits per heavy atom. The molecule has 3 nitrogen and oxygen atoms in total. The largest absolute Gasteiger partial charge is 0.493 e. The normalized spacial score (nSPS) is 13.4. The van der Waals surface area contributed by atoms with E-state index in [0.29, 0.717) is 30.2 Å². The Bertz CT molecular complexity index is 748. The van der Waals surface area contributed by atoms with E-state index in [1.165, 1.54) is 0 Å². The Kier molecular flexibility index (Phi) is 4.68. The van der Waals surface area contributed by atoms with Crippen LogP contribution in [0.15, 0.2) is 48.0 Å². The van der Waals surface area contributed by atoms with E-state index in [0.717, 1.165) is 22.4 Å². The van der Waals surface area contributed by atoms with Crippen LogP contribution >= 0.6 is 11.6 Å². The van der Waals surface area contributed by atoms with Crippen LogP contribution in [0.5, 0.6) is 5.75 Å². The maximum atomic E-state index is 12.0. The van der Waals surface area contributed by atoms with Gasteiger partial charge in [0.05, 0.1) is 13.2 Å². The average molecular weight is 329 g/mol. The molecule has 0 fully saturated rings. The summed E-state index contributed by atoms with van der Waals surface area (Å²) in [6.07, 6.45) is 2.41. The van der Waals surface area contributed by atoms with Crippen molar-refractivity contribution in [3.63, 3.8) is 0 Å². The number of fused-ring (bicyclic) bond motifs is 1. The Labute approximate surface area is 140 Å². The fraction of sp³-hybridized carbons (Fsp3) is 0.211. The highest BCUT2D eigenvalue weighted by Crippen LogP contribution is 2.31. The first-order valence-corrected chi connectivity index (χ1v) is 7.95. The lowest BCUT2D eigenvalue weighted by molar-refractivity contribution is -0.138.